The first-order valence-electron chi connectivity index (χ1n) is 7.96. The van der Waals surface area contributed by atoms with E-state index in [1.165, 1.54) is 0 Å². The molecule has 1 heterocycles. The van der Waals surface area contributed by atoms with Crippen LogP contribution in [0.25, 0.3) is 0 Å². The maximum Gasteiger partial charge on any atom is 0.223 e. The summed E-state index contributed by atoms with van der Waals surface area (Å²) in [5.74, 6) is -0.0235. The van der Waals surface area contributed by atoms with Gasteiger partial charge in [0.05, 0.1) is 4.90 Å². The van der Waals surface area contributed by atoms with Gasteiger partial charge >= 0.3 is 0 Å². The Kier molecular flexibility index (Phi) is 4.66. The normalized spacial score (nSPS) is 15.7. The van der Waals surface area contributed by atoms with Crippen molar-refractivity contribution in [3.8, 4) is 0 Å². The minimum atomic E-state index is -3.63. The number of rotatable bonds is 6. The first-order valence-corrected chi connectivity index (χ1v) is 9.51. The Balaban J connectivity index is 1.90. The first kappa shape index (κ1) is 16.6. The Labute approximate surface area is 142 Å². The number of amides is 1. The highest BCUT2D eigenvalue weighted by atomic mass is 32.2. The number of benzene rings is 1. The van der Waals surface area contributed by atoms with Crippen molar-refractivity contribution in [1.82, 2.24) is 10.3 Å². The van der Waals surface area contributed by atoms with Gasteiger partial charge in [-0.3, -0.25) is 9.78 Å². The largest absolute Gasteiger partial charge is 0.354 e. The number of aromatic nitrogens is 1. The lowest BCUT2D eigenvalue weighted by molar-refractivity contribution is -0.122. The average molecular weight is 344 g/mol. The van der Waals surface area contributed by atoms with E-state index < -0.39 is 15.1 Å². The summed E-state index contributed by atoms with van der Waals surface area (Å²) in [7, 11) is -3.63. The zero-order chi connectivity index (χ0) is 17.2. The maximum atomic E-state index is 13.1. The average Bonchev–Trinajstić information content (AvgIpc) is 3.41. The van der Waals surface area contributed by atoms with Crippen molar-refractivity contribution in [2.24, 2.45) is 5.92 Å². The van der Waals surface area contributed by atoms with Crippen LogP contribution < -0.4 is 5.32 Å². The molecule has 0 radical (unpaired) electrons. The third kappa shape index (κ3) is 3.64. The molecule has 1 N–H and O–H groups in total. The topological polar surface area (TPSA) is 76.1 Å². The van der Waals surface area contributed by atoms with Gasteiger partial charge in [-0.2, -0.15) is 0 Å². The van der Waals surface area contributed by atoms with Gasteiger partial charge in [-0.1, -0.05) is 23.8 Å². The lowest BCUT2D eigenvalue weighted by Crippen LogP contribution is -2.32. The Morgan fingerprint density at radius 2 is 1.96 bits per heavy atom. The van der Waals surface area contributed by atoms with Gasteiger partial charge < -0.3 is 5.32 Å². The van der Waals surface area contributed by atoms with Crippen molar-refractivity contribution in [2.45, 2.75) is 29.9 Å². The molecule has 126 valence electrons. The number of aryl methyl sites for hydroxylation is 1. The van der Waals surface area contributed by atoms with Gasteiger partial charge in [0.1, 0.15) is 5.25 Å². The summed E-state index contributed by atoms with van der Waals surface area (Å²) >= 11 is 0. The van der Waals surface area contributed by atoms with E-state index >= 15 is 0 Å². The highest BCUT2D eigenvalue weighted by Crippen LogP contribution is 2.31. The van der Waals surface area contributed by atoms with Gasteiger partial charge in [0.2, 0.25) is 5.91 Å². The minimum absolute atomic E-state index is 0.0432. The number of pyridine rings is 1. The molecule has 6 heteroatoms. The van der Waals surface area contributed by atoms with E-state index in [9.17, 15) is 13.2 Å². The zero-order valence-corrected chi connectivity index (χ0v) is 14.3. The molecule has 5 nitrogen and oxygen atoms in total. The molecule has 0 saturated heterocycles. The fraction of sp³-hybridized carbons (Fsp3) is 0.333. The van der Waals surface area contributed by atoms with Gasteiger partial charge in [-0.15, -0.1) is 0 Å². The van der Waals surface area contributed by atoms with Crippen molar-refractivity contribution in [2.75, 3.05) is 6.54 Å². The number of nitrogens with one attached hydrogen (secondary N) is 1. The third-order valence-corrected chi connectivity index (χ3v) is 6.31. The molecule has 1 aliphatic carbocycles. The number of carbonyl (C=O) groups excluding carboxylic acids is 1. The van der Waals surface area contributed by atoms with Crippen LogP contribution in [0.4, 0.5) is 0 Å². The lowest BCUT2D eigenvalue weighted by atomic mass is 10.2. The van der Waals surface area contributed by atoms with E-state index in [4.69, 9.17) is 0 Å². The summed E-state index contributed by atoms with van der Waals surface area (Å²) in [6.07, 6.45) is 4.91. The van der Waals surface area contributed by atoms with Crippen molar-refractivity contribution >= 4 is 15.7 Å². The highest BCUT2D eigenvalue weighted by molar-refractivity contribution is 7.91. The molecule has 1 fully saturated rings. The van der Waals surface area contributed by atoms with E-state index in [1.807, 2.05) is 6.92 Å². The van der Waals surface area contributed by atoms with Crippen LogP contribution in [0.3, 0.4) is 0 Å². The van der Waals surface area contributed by atoms with E-state index in [0.29, 0.717) is 5.56 Å². The smallest absolute Gasteiger partial charge is 0.223 e. The van der Waals surface area contributed by atoms with Crippen molar-refractivity contribution in [3.05, 3.63) is 59.9 Å². The second-order valence-electron chi connectivity index (χ2n) is 6.15. The summed E-state index contributed by atoms with van der Waals surface area (Å²) in [4.78, 5) is 16.2. The van der Waals surface area contributed by atoms with E-state index in [-0.39, 0.29) is 23.3 Å². The molecule has 0 bridgehead atoms. The van der Waals surface area contributed by atoms with Crippen LogP contribution in [-0.2, 0) is 14.6 Å². The van der Waals surface area contributed by atoms with E-state index in [1.54, 1.807) is 48.8 Å². The molecule has 0 spiro atoms. The van der Waals surface area contributed by atoms with Gasteiger partial charge in [-0.25, -0.2) is 8.42 Å². The standard InChI is InChI=1S/C18H20N2O3S/c1-13-4-8-16(9-5-13)24(22,23)17(15-3-2-10-19-11-15)12-20-18(21)14-6-7-14/h2-5,8-11,14,17H,6-7,12H2,1H3,(H,20,21). The van der Waals surface area contributed by atoms with E-state index in [2.05, 4.69) is 10.3 Å². The SMILES string of the molecule is Cc1ccc(S(=O)(=O)C(CNC(=O)C2CC2)c2cccnc2)cc1. The van der Waals surface area contributed by atoms with Crippen molar-refractivity contribution < 1.29 is 13.2 Å². The van der Waals surface area contributed by atoms with Crippen LogP contribution in [0, 0.1) is 12.8 Å². The summed E-state index contributed by atoms with van der Waals surface area (Å²) < 4.78 is 26.1. The van der Waals surface area contributed by atoms with Crippen LogP contribution >= 0.6 is 0 Å². The maximum absolute atomic E-state index is 13.1. The lowest BCUT2D eigenvalue weighted by Gasteiger charge is -2.19. The molecule has 0 aliphatic heterocycles. The number of carbonyl (C=O) groups is 1. The molecule has 1 unspecified atom stereocenters. The number of hydrogen-bond acceptors (Lipinski definition) is 4. The monoisotopic (exact) mass is 344 g/mol. The predicted octanol–water partition coefficient (Wildman–Crippen LogP) is 2.43. The zero-order valence-electron chi connectivity index (χ0n) is 13.5. The molecular weight excluding hydrogens is 324 g/mol. The number of hydrogen-bond donors (Lipinski definition) is 1. The van der Waals surface area contributed by atoms with Crippen LogP contribution in [0.1, 0.15) is 29.2 Å². The van der Waals surface area contributed by atoms with Gasteiger partial charge in [-0.05, 0) is 43.5 Å². The molecule has 1 aromatic heterocycles. The second-order valence-corrected chi connectivity index (χ2v) is 8.28. The Hall–Kier alpha value is -2.21. The molecule has 1 amide bonds. The molecule has 1 saturated carbocycles. The molecular formula is C18H20N2O3S. The quantitative estimate of drug-likeness (QED) is 0.873. The summed E-state index contributed by atoms with van der Waals surface area (Å²) in [5, 5.41) is 1.93. The van der Waals surface area contributed by atoms with Crippen LogP contribution in [-0.4, -0.2) is 25.9 Å². The molecule has 1 aliphatic rings. The van der Waals surface area contributed by atoms with Crippen LogP contribution in [0.2, 0.25) is 0 Å². The summed E-state index contributed by atoms with van der Waals surface area (Å²) in [6.45, 7) is 1.96. The number of sulfone groups is 1. The van der Waals surface area contributed by atoms with Gasteiger partial charge in [0.25, 0.3) is 0 Å². The highest BCUT2D eigenvalue weighted by Gasteiger charge is 2.33. The molecule has 1 atom stereocenters. The molecule has 3 rings (SSSR count). The van der Waals surface area contributed by atoms with Gasteiger partial charge in [0, 0.05) is 24.9 Å². The third-order valence-electron chi connectivity index (χ3n) is 4.19. The fourth-order valence-electron chi connectivity index (χ4n) is 2.55. The number of nitrogens with zero attached hydrogens (tertiary/aromatic N) is 1. The van der Waals surface area contributed by atoms with Crippen molar-refractivity contribution in [3.63, 3.8) is 0 Å². The molecule has 1 aromatic carbocycles. The summed E-state index contributed by atoms with van der Waals surface area (Å²) in [5.41, 5.74) is 1.57. The van der Waals surface area contributed by atoms with Gasteiger partial charge in [0.15, 0.2) is 9.84 Å². The Morgan fingerprint density at radius 3 is 2.54 bits per heavy atom. The molecule has 24 heavy (non-hydrogen) atoms. The Bertz CT molecular complexity index is 813. The van der Waals surface area contributed by atoms with Crippen LogP contribution in [0.5, 0.6) is 0 Å². The van der Waals surface area contributed by atoms with Crippen LogP contribution in [0.15, 0.2) is 53.7 Å². The Morgan fingerprint density at radius 1 is 1.25 bits per heavy atom. The second kappa shape index (κ2) is 6.73. The summed E-state index contributed by atoms with van der Waals surface area (Å²) in [6, 6.07) is 10.2. The van der Waals surface area contributed by atoms with E-state index in [0.717, 1.165) is 18.4 Å². The first-order chi connectivity index (χ1) is 11.5. The minimum Gasteiger partial charge on any atom is -0.354 e. The van der Waals surface area contributed by atoms with Crippen molar-refractivity contribution in [1.29, 1.82) is 0 Å². The fourth-order valence-corrected chi connectivity index (χ4v) is 4.19. The molecule has 2 aromatic rings. The predicted molar refractivity (Wildman–Crippen MR) is 91.1 cm³/mol.